The number of alkyl carbamates (subject to hydrolysis) is 1. The Kier molecular flexibility index (Phi) is 6.70. The van der Waals surface area contributed by atoms with Crippen LogP contribution in [0.2, 0.25) is 0 Å². The van der Waals surface area contributed by atoms with E-state index in [0.29, 0.717) is 23.4 Å². The molecule has 2 amide bonds. The summed E-state index contributed by atoms with van der Waals surface area (Å²) in [5.74, 6) is 0. The molecule has 1 atom stereocenters. The fourth-order valence-corrected chi connectivity index (χ4v) is 2.54. The minimum absolute atomic E-state index is 0.354. The zero-order valence-corrected chi connectivity index (χ0v) is 16.1. The van der Waals surface area contributed by atoms with Crippen LogP contribution >= 0.6 is 0 Å². The number of hydrogen-bond acceptors (Lipinski definition) is 5. The summed E-state index contributed by atoms with van der Waals surface area (Å²) >= 11 is 0. The van der Waals surface area contributed by atoms with E-state index < -0.39 is 23.8 Å². The Morgan fingerprint density at radius 1 is 1.32 bits per heavy atom. The van der Waals surface area contributed by atoms with Crippen molar-refractivity contribution in [3.8, 4) is 11.1 Å². The van der Waals surface area contributed by atoms with Crippen molar-refractivity contribution < 1.29 is 19.4 Å². The highest BCUT2D eigenvalue weighted by atomic mass is 16.6. The van der Waals surface area contributed by atoms with Gasteiger partial charge < -0.3 is 15.2 Å². The van der Waals surface area contributed by atoms with Crippen LogP contribution < -0.4 is 10.6 Å². The summed E-state index contributed by atoms with van der Waals surface area (Å²) in [7, 11) is 0. The quantitative estimate of drug-likeness (QED) is 0.637. The van der Waals surface area contributed by atoms with E-state index in [1.807, 2.05) is 0 Å². The Bertz CT molecular complexity index is 861. The van der Waals surface area contributed by atoms with E-state index in [-0.39, 0.29) is 0 Å². The molecule has 0 aliphatic carbocycles. The zero-order chi connectivity index (χ0) is 20.7. The molecule has 3 N–H and O–H groups in total. The molecule has 8 heteroatoms. The molecule has 2 aromatic rings. The number of carbonyl (C=O) groups excluding carboxylic acids is 1. The summed E-state index contributed by atoms with van der Waals surface area (Å²) in [4.78, 5) is 31.5. The van der Waals surface area contributed by atoms with E-state index in [4.69, 9.17) is 9.84 Å². The van der Waals surface area contributed by atoms with Crippen LogP contribution in [0.1, 0.15) is 38.9 Å². The van der Waals surface area contributed by atoms with Gasteiger partial charge in [0.1, 0.15) is 5.60 Å². The molecule has 0 aliphatic rings. The van der Waals surface area contributed by atoms with E-state index in [2.05, 4.69) is 27.2 Å². The molecule has 8 nitrogen and oxygen atoms in total. The van der Waals surface area contributed by atoms with Gasteiger partial charge in [-0.05, 0) is 51.0 Å². The van der Waals surface area contributed by atoms with Crippen molar-refractivity contribution in [2.24, 2.45) is 0 Å². The molecule has 148 valence electrons. The van der Waals surface area contributed by atoms with E-state index in [1.165, 1.54) is 6.20 Å². The molecule has 0 radical (unpaired) electrons. The summed E-state index contributed by atoms with van der Waals surface area (Å²) in [6, 6.07) is 4.80. The number of carboxylic acid groups (broad SMARTS) is 1. The second-order valence-corrected chi connectivity index (χ2v) is 7.04. The first-order valence-electron chi connectivity index (χ1n) is 8.70. The molecular formula is C20H24N4O4. The highest BCUT2D eigenvalue weighted by molar-refractivity contribution is 5.90. The van der Waals surface area contributed by atoms with Crippen molar-refractivity contribution in [2.45, 2.75) is 38.8 Å². The molecule has 0 aromatic carbocycles. The summed E-state index contributed by atoms with van der Waals surface area (Å²) < 4.78 is 5.32. The number of nitrogens with zero attached hydrogens (tertiary/aromatic N) is 2. The lowest BCUT2D eigenvalue weighted by Gasteiger charge is -2.23. The molecule has 0 saturated heterocycles. The molecule has 2 heterocycles. The Morgan fingerprint density at radius 2 is 2.07 bits per heavy atom. The van der Waals surface area contributed by atoms with Gasteiger partial charge in [0.2, 0.25) is 0 Å². The Hall–Kier alpha value is -3.42. The molecular weight excluding hydrogens is 360 g/mol. The van der Waals surface area contributed by atoms with Crippen molar-refractivity contribution in [1.82, 2.24) is 15.3 Å². The standard InChI is InChI=1S/C20H24N4O4/c1-5-6-15(24-19(27)28-20(2,3)4)16-11-13(7-10-22-16)14-8-9-21-12-17(14)23-18(25)26/h5,7-12,15,23H,1,6H2,2-4H3,(H,24,27)(H,25,26)/t15-/m0/s1. The lowest BCUT2D eigenvalue weighted by atomic mass is 10.0. The first-order valence-corrected chi connectivity index (χ1v) is 8.70. The lowest BCUT2D eigenvalue weighted by Crippen LogP contribution is -2.35. The van der Waals surface area contributed by atoms with Crippen LogP contribution in [0.4, 0.5) is 15.3 Å². The number of pyridine rings is 2. The van der Waals surface area contributed by atoms with Crippen LogP contribution in [0.25, 0.3) is 11.1 Å². The molecule has 28 heavy (non-hydrogen) atoms. The zero-order valence-electron chi connectivity index (χ0n) is 16.1. The van der Waals surface area contributed by atoms with Crippen molar-refractivity contribution in [3.63, 3.8) is 0 Å². The summed E-state index contributed by atoms with van der Waals surface area (Å²) in [5, 5.41) is 14.2. The topological polar surface area (TPSA) is 113 Å². The van der Waals surface area contributed by atoms with Crippen molar-refractivity contribution in [1.29, 1.82) is 0 Å². The number of anilines is 1. The molecule has 2 rings (SSSR count). The Labute approximate surface area is 163 Å². The fraction of sp³-hybridized carbons (Fsp3) is 0.300. The number of ether oxygens (including phenoxy) is 1. The van der Waals surface area contributed by atoms with Gasteiger partial charge in [-0.25, -0.2) is 9.59 Å². The van der Waals surface area contributed by atoms with Crippen LogP contribution in [0, 0.1) is 0 Å². The normalized spacial score (nSPS) is 12.0. The van der Waals surface area contributed by atoms with Crippen LogP contribution in [-0.2, 0) is 4.74 Å². The lowest BCUT2D eigenvalue weighted by molar-refractivity contribution is 0.0503. The molecule has 0 unspecified atom stereocenters. The molecule has 0 saturated carbocycles. The summed E-state index contributed by atoms with van der Waals surface area (Å²) in [5.41, 5.74) is 1.72. The maximum absolute atomic E-state index is 12.2. The van der Waals surface area contributed by atoms with Gasteiger partial charge in [0.05, 0.1) is 23.6 Å². The predicted molar refractivity (Wildman–Crippen MR) is 106 cm³/mol. The highest BCUT2D eigenvalue weighted by Gasteiger charge is 2.21. The van der Waals surface area contributed by atoms with Gasteiger partial charge in [0.15, 0.2) is 0 Å². The third-order valence-corrected chi connectivity index (χ3v) is 3.61. The number of carbonyl (C=O) groups is 2. The van der Waals surface area contributed by atoms with Gasteiger partial charge in [-0.2, -0.15) is 0 Å². The van der Waals surface area contributed by atoms with E-state index in [1.54, 1.807) is 57.4 Å². The highest BCUT2D eigenvalue weighted by Crippen LogP contribution is 2.29. The van der Waals surface area contributed by atoms with Crippen LogP contribution in [0.15, 0.2) is 49.4 Å². The van der Waals surface area contributed by atoms with Gasteiger partial charge in [-0.1, -0.05) is 6.08 Å². The smallest absolute Gasteiger partial charge is 0.409 e. The molecule has 0 aliphatic heterocycles. The molecule has 0 bridgehead atoms. The van der Waals surface area contributed by atoms with E-state index in [9.17, 15) is 9.59 Å². The van der Waals surface area contributed by atoms with Gasteiger partial charge in [0.25, 0.3) is 0 Å². The average Bonchev–Trinajstić information content (AvgIpc) is 2.60. The van der Waals surface area contributed by atoms with Crippen LogP contribution in [0.5, 0.6) is 0 Å². The second-order valence-electron chi connectivity index (χ2n) is 7.04. The first-order chi connectivity index (χ1) is 13.2. The molecule has 0 fully saturated rings. The van der Waals surface area contributed by atoms with Crippen LogP contribution in [0.3, 0.4) is 0 Å². The average molecular weight is 384 g/mol. The monoisotopic (exact) mass is 384 g/mol. The van der Waals surface area contributed by atoms with Crippen molar-refractivity contribution >= 4 is 17.9 Å². The minimum atomic E-state index is -1.18. The first kappa shape index (κ1) is 20.9. The SMILES string of the molecule is C=CC[C@H](NC(=O)OC(C)(C)C)c1cc(-c2ccncc2NC(=O)O)ccn1. The number of hydrogen-bond donors (Lipinski definition) is 3. The molecule has 2 aromatic heterocycles. The summed E-state index contributed by atoms with van der Waals surface area (Å²) in [6.07, 6.45) is 5.00. The predicted octanol–water partition coefficient (Wildman–Crippen LogP) is 4.38. The van der Waals surface area contributed by atoms with Crippen molar-refractivity contribution in [3.05, 3.63) is 55.1 Å². The number of nitrogens with one attached hydrogen (secondary N) is 2. The largest absolute Gasteiger partial charge is 0.465 e. The van der Waals surface area contributed by atoms with E-state index >= 15 is 0 Å². The van der Waals surface area contributed by atoms with Crippen LogP contribution in [-0.4, -0.2) is 32.9 Å². The Balaban J connectivity index is 2.33. The van der Waals surface area contributed by atoms with Gasteiger partial charge in [0, 0.05) is 18.0 Å². The third kappa shape index (κ3) is 6.08. The van der Waals surface area contributed by atoms with Crippen molar-refractivity contribution in [2.75, 3.05) is 5.32 Å². The van der Waals surface area contributed by atoms with Gasteiger partial charge in [-0.15, -0.1) is 6.58 Å². The number of rotatable bonds is 6. The third-order valence-electron chi connectivity index (χ3n) is 3.61. The maximum atomic E-state index is 12.2. The number of aromatic nitrogens is 2. The maximum Gasteiger partial charge on any atom is 0.409 e. The summed E-state index contributed by atoms with van der Waals surface area (Å²) in [6.45, 7) is 9.09. The molecule has 0 spiro atoms. The second kappa shape index (κ2) is 8.98. The Morgan fingerprint density at radius 3 is 2.71 bits per heavy atom. The number of amides is 2. The fourth-order valence-electron chi connectivity index (χ4n) is 2.54. The van der Waals surface area contributed by atoms with Gasteiger partial charge in [-0.3, -0.25) is 15.3 Å². The van der Waals surface area contributed by atoms with E-state index in [0.717, 1.165) is 5.56 Å². The van der Waals surface area contributed by atoms with Gasteiger partial charge >= 0.3 is 12.2 Å². The minimum Gasteiger partial charge on any atom is -0.465 e.